The predicted octanol–water partition coefficient (Wildman–Crippen LogP) is 2.96. The Bertz CT molecular complexity index is 605. The van der Waals surface area contributed by atoms with Crippen LogP contribution >= 0.6 is 0 Å². The Morgan fingerprint density at radius 2 is 1.95 bits per heavy atom. The Morgan fingerprint density at radius 1 is 1.29 bits per heavy atom. The number of carbonyl (C=O) groups excluding carboxylic acids is 1. The van der Waals surface area contributed by atoms with Crippen LogP contribution in [-0.4, -0.2) is 15.6 Å². The number of aromatic nitrogens is 1. The van der Waals surface area contributed by atoms with Gasteiger partial charge in [0.05, 0.1) is 6.10 Å². The minimum atomic E-state index is -0.536. The summed E-state index contributed by atoms with van der Waals surface area (Å²) in [7, 11) is 0. The molecule has 0 aliphatic heterocycles. The van der Waals surface area contributed by atoms with E-state index in [-0.39, 0.29) is 24.2 Å². The molecule has 2 rings (SSSR count). The summed E-state index contributed by atoms with van der Waals surface area (Å²) < 4.78 is 14.5. The van der Waals surface area contributed by atoms with Gasteiger partial charge in [0.15, 0.2) is 0 Å². The van der Waals surface area contributed by atoms with Crippen molar-refractivity contribution >= 4 is 11.6 Å². The van der Waals surface area contributed by atoms with Gasteiger partial charge in [0.1, 0.15) is 12.4 Å². The van der Waals surface area contributed by atoms with Gasteiger partial charge in [-0.25, -0.2) is 4.39 Å². The summed E-state index contributed by atoms with van der Waals surface area (Å²) >= 11 is 0. The van der Waals surface area contributed by atoms with E-state index in [9.17, 15) is 14.3 Å². The molecule has 21 heavy (non-hydrogen) atoms. The molecule has 0 aliphatic carbocycles. The zero-order valence-electron chi connectivity index (χ0n) is 12.1. The molecule has 1 heterocycles. The maximum Gasteiger partial charge on any atom is 0.244 e. The molecule has 2 aromatic rings. The molecule has 4 nitrogen and oxygen atoms in total. The SMILES string of the molecule is CC(C)C(O)c1ccn(CC(=O)Nc2ccc(F)cc2)c1. The first kappa shape index (κ1) is 15.3. The van der Waals surface area contributed by atoms with Gasteiger partial charge in [-0.2, -0.15) is 0 Å². The molecule has 1 aromatic heterocycles. The van der Waals surface area contributed by atoms with Gasteiger partial charge >= 0.3 is 0 Å². The third-order valence-electron chi connectivity index (χ3n) is 3.20. The van der Waals surface area contributed by atoms with Crippen LogP contribution in [0.2, 0.25) is 0 Å². The van der Waals surface area contributed by atoms with Crippen LogP contribution in [-0.2, 0) is 11.3 Å². The molecule has 0 bridgehead atoms. The number of carbonyl (C=O) groups is 1. The zero-order chi connectivity index (χ0) is 15.4. The van der Waals surface area contributed by atoms with E-state index in [2.05, 4.69) is 5.32 Å². The second-order valence-corrected chi connectivity index (χ2v) is 5.36. The minimum absolute atomic E-state index is 0.119. The van der Waals surface area contributed by atoms with Crippen LogP contribution in [0.5, 0.6) is 0 Å². The monoisotopic (exact) mass is 290 g/mol. The fourth-order valence-corrected chi connectivity index (χ4v) is 2.02. The topological polar surface area (TPSA) is 54.3 Å². The predicted molar refractivity (Wildman–Crippen MR) is 79.3 cm³/mol. The van der Waals surface area contributed by atoms with Crippen LogP contribution in [0.1, 0.15) is 25.5 Å². The normalized spacial score (nSPS) is 12.4. The Kier molecular flexibility index (Phi) is 4.75. The lowest BCUT2D eigenvalue weighted by Crippen LogP contribution is -2.17. The number of amides is 1. The fourth-order valence-electron chi connectivity index (χ4n) is 2.02. The van der Waals surface area contributed by atoms with Gasteiger partial charge in [0, 0.05) is 18.1 Å². The van der Waals surface area contributed by atoms with Gasteiger partial charge in [-0.15, -0.1) is 0 Å². The van der Waals surface area contributed by atoms with Crippen molar-refractivity contribution in [2.45, 2.75) is 26.5 Å². The van der Waals surface area contributed by atoms with Crippen molar-refractivity contribution in [3.8, 4) is 0 Å². The Balaban J connectivity index is 1.95. The molecule has 0 saturated carbocycles. The van der Waals surface area contributed by atoms with Crippen molar-refractivity contribution in [3.63, 3.8) is 0 Å². The van der Waals surface area contributed by atoms with Gasteiger partial charge in [0.25, 0.3) is 0 Å². The quantitative estimate of drug-likeness (QED) is 0.889. The first-order chi connectivity index (χ1) is 9.95. The van der Waals surface area contributed by atoms with E-state index < -0.39 is 6.10 Å². The van der Waals surface area contributed by atoms with E-state index in [1.54, 1.807) is 23.0 Å². The van der Waals surface area contributed by atoms with Crippen molar-refractivity contribution in [1.29, 1.82) is 0 Å². The molecule has 112 valence electrons. The molecule has 2 N–H and O–H groups in total. The molecule has 0 aliphatic rings. The van der Waals surface area contributed by atoms with E-state index in [1.807, 2.05) is 13.8 Å². The first-order valence-electron chi connectivity index (χ1n) is 6.85. The highest BCUT2D eigenvalue weighted by atomic mass is 19.1. The number of nitrogens with one attached hydrogen (secondary N) is 1. The van der Waals surface area contributed by atoms with Crippen molar-refractivity contribution in [1.82, 2.24) is 4.57 Å². The van der Waals surface area contributed by atoms with Gasteiger partial charge in [-0.1, -0.05) is 13.8 Å². The van der Waals surface area contributed by atoms with Crippen molar-refractivity contribution < 1.29 is 14.3 Å². The molecule has 0 saturated heterocycles. The van der Waals surface area contributed by atoms with E-state index in [1.165, 1.54) is 24.3 Å². The summed E-state index contributed by atoms with van der Waals surface area (Å²) in [6, 6.07) is 7.41. The number of hydrogen-bond acceptors (Lipinski definition) is 2. The summed E-state index contributed by atoms with van der Waals surface area (Å²) in [5.41, 5.74) is 1.34. The number of halogens is 1. The lowest BCUT2D eigenvalue weighted by molar-refractivity contribution is -0.116. The number of hydrogen-bond donors (Lipinski definition) is 2. The summed E-state index contributed by atoms with van der Waals surface area (Å²) in [6.07, 6.45) is 2.98. The van der Waals surface area contributed by atoms with Crippen molar-refractivity contribution in [2.75, 3.05) is 5.32 Å². The molecule has 0 radical (unpaired) electrons. The third kappa shape index (κ3) is 4.16. The van der Waals surface area contributed by atoms with Crippen LogP contribution in [0.3, 0.4) is 0 Å². The molecule has 0 spiro atoms. The zero-order valence-corrected chi connectivity index (χ0v) is 12.1. The molecule has 5 heteroatoms. The maximum absolute atomic E-state index is 12.8. The van der Waals surface area contributed by atoms with Crippen molar-refractivity contribution in [2.24, 2.45) is 5.92 Å². The molecule has 1 atom stereocenters. The second kappa shape index (κ2) is 6.54. The van der Waals surface area contributed by atoms with Gasteiger partial charge in [-0.05, 0) is 41.8 Å². The van der Waals surface area contributed by atoms with E-state index in [0.29, 0.717) is 5.69 Å². The Hall–Kier alpha value is -2.14. The highest BCUT2D eigenvalue weighted by Gasteiger charge is 2.13. The Labute approximate surface area is 123 Å². The summed E-state index contributed by atoms with van der Waals surface area (Å²) in [6.45, 7) is 4.01. The fraction of sp³-hybridized carbons (Fsp3) is 0.312. The highest BCUT2D eigenvalue weighted by molar-refractivity contribution is 5.90. The maximum atomic E-state index is 12.8. The van der Waals surface area contributed by atoms with Crippen LogP contribution in [0.15, 0.2) is 42.7 Å². The molecular formula is C16H19FN2O2. The van der Waals surface area contributed by atoms with E-state index in [0.717, 1.165) is 5.56 Å². The lowest BCUT2D eigenvalue weighted by atomic mass is 10.0. The number of rotatable bonds is 5. The molecule has 0 fully saturated rings. The third-order valence-corrected chi connectivity index (χ3v) is 3.20. The highest BCUT2D eigenvalue weighted by Crippen LogP contribution is 2.21. The number of aliphatic hydroxyl groups is 1. The standard InChI is InChI=1S/C16H19FN2O2/c1-11(2)16(21)12-7-8-19(9-12)10-15(20)18-14-5-3-13(17)4-6-14/h3-9,11,16,21H,10H2,1-2H3,(H,18,20). The molecule has 1 unspecified atom stereocenters. The van der Waals surface area contributed by atoms with Crippen LogP contribution < -0.4 is 5.32 Å². The number of benzene rings is 1. The molecule has 1 aromatic carbocycles. The van der Waals surface area contributed by atoms with Crippen LogP contribution in [0.4, 0.5) is 10.1 Å². The molecule has 1 amide bonds. The molecular weight excluding hydrogens is 271 g/mol. The van der Waals surface area contributed by atoms with Crippen molar-refractivity contribution in [3.05, 3.63) is 54.1 Å². The van der Waals surface area contributed by atoms with Gasteiger partial charge in [-0.3, -0.25) is 4.79 Å². The van der Waals surface area contributed by atoms with Gasteiger partial charge < -0.3 is 15.0 Å². The largest absolute Gasteiger partial charge is 0.388 e. The summed E-state index contributed by atoms with van der Waals surface area (Å²) in [5, 5.41) is 12.6. The smallest absolute Gasteiger partial charge is 0.244 e. The first-order valence-corrected chi connectivity index (χ1v) is 6.85. The van der Waals surface area contributed by atoms with Gasteiger partial charge in [0.2, 0.25) is 5.91 Å². The second-order valence-electron chi connectivity index (χ2n) is 5.36. The van der Waals surface area contributed by atoms with E-state index in [4.69, 9.17) is 0 Å². The van der Waals surface area contributed by atoms with Crippen LogP contribution in [0.25, 0.3) is 0 Å². The summed E-state index contributed by atoms with van der Waals surface area (Å²) in [5.74, 6) is -0.428. The number of aliphatic hydroxyl groups excluding tert-OH is 1. The lowest BCUT2D eigenvalue weighted by Gasteiger charge is -2.12. The average molecular weight is 290 g/mol. The van der Waals surface area contributed by atoms with Crippen LogP contribution in [0, 0.1) is 11.7 Å². The van der Waals surface area contributed by atoms with E-state index >= 15 is 0 Å². The average Bonchev–Trinajstić information content (AvgIpc) is 2.88. The number of nitrogens with zero attached hydrogens (tertiary/aromatic N) is 1. The number of anilines is 1. The minimum Gasteiger partial charge on any atom is -0.388 e. The Morgan fingerprint density at radius 3 is 2.57 bits per heavy atom. The summed E-state index contributed by atoms with van der Waals surface area (Å²) in [4.78, 5) is 11.9.